The number of piperidine rings is 1. The maximum atomic E-state index is 5.99. The van der Waals surface area contributed by atoms with Gasteiger partial charge in [0.15, 0.2) is 5.96 Å². The standard InChI is InChI=1S/C24H40N4O3.HI/c1-3-25-24(28-11-9-23(10-12-28)31-16-4-15-29-2)26-19-21-5-7-22(8-6-21)20-27-13-17-30-18-14-27;/h5-8,23H,3-4,9-20H2,1-2H3,(H,25,26);1H. The Kier molecular flexibility index (Phi) is 13.5. The van der Waals surface area contributed by atoms with E-state index in [1.165, 1.54) is 11.1 Å². The Labute approximate surface area is 210 Å². The third-order valence-corrected chi connectivity index (χ3v) is 5.87. The Morgan fingerprint density at radius 3 is 2.41 bits per heavy atom. The molecule has 0 atom stereocenters. The van der Waals surface area contributed by atoms with E-state index in [0.29, 0.717) is 12.6 Å². The first kappa shape index (κ1) is 27.3. The lowest BCUT2D eigenvalue weighted by Crippen LogP contribution is -2.47. The van der Waals surface area contributed by atoms with E-state index in [-0.39, 0.29) is 24.0 Å². The van der Waals surface area contributed by atoms with Crippen molar-refractivity contribution >= 4 is 29.9 Å². The molecule has 0 unspecified atom stereocenters. The van der Waals surface area contributed by atoms with Gasteiger partial charge in [0.1, 0.15) is 0 Å². The van der Waals surface area contributed by atoms with Gasteiger partial charge in [0.05, 0.1) is 25.9 Å². The van der Waals surface area contributed by atoms with Crippen LogP contribution in [0, 0.1) is 0 Å². The van der Waals surface area contributed by atoms with Gasteiger partial charge in [0.25, 0.3) is 0 Å². The zero-order valence-corrected chi connectivity index (χ0v) is 22.1. The first-order valence-electron chi connectivity index (χ1n) is 11.8. The second-order valence-corrected chi connectivity index (χ2v) is 8.28. The Bertz CT molecular complexity index is 645. The summed E-state index contributed by atoms with van der Waals surface area (Å²) in [4.78, 5) is 9.73. The predicted molar refractivity (Wildman–Crippen MR) is 140 cm³/mol. The lowest BCUT2D eigenvalue weighted by atomic mass is 10.1. The van der Waals surface area contributed by atoms with E-state index < -0.39 is 0 Å². The molecule has 1 N–H and O–H groups in total. The van der Waals surface area contributed by atoms with E-state index in [1.54, 1.807) is 7.11 Å². The number of ether oxygens (including phenoxy) is 3. The number of methoxy groups -OCH3 is 1. The Morgan fingerprint density at radius 2 is 1.75 bits per heavy atom. The number of benzene rings is 1. The summed E-state index contributed by atoms with van der Waals surface area (Å²) in [6.07, 6.45) is 3.42. The third kappa shape index (κ3) is 9.51. The van der Waals surface area contributed by atoms with Gasteiger partial charge in [-0.05, 0) is 37.3 Å². The highest BCUT2D eigenvalue weighted by Crippen LogP contribution is 2.15. The number of guanidine groups is 1. The first-order valence-corrected chi connectivity index (χ1v) is 11.8. The Balaban J connectivity index is 0.00000363. The largest absolute Gasteiger partial charge is 0.385 e. The minimum atomic E-state index is 0. The summed E-state index contributed by atoms with van der Waals surface area (Å²) in [6, 6.07) is 8.89. The molecule has 0 spiro atoms. The fourth-order valence-electron chi connectivity index (χ4n) is 4.05. The van der Waals surface area contributed by atoms with Crippen LogP contribution in [0.2, 0.25) is 0 Å². The van der Waals surface area contributed by atoms with Crippen LogP contribution in [0.3, 0.4) is 0 Å². The molecule has 2 heterocycles. The van der Waals surface area contributed by atoms with E-state index in [0.717, 1.165) is 90.9 Å². The summed E-state index contributed by atoms with van der Waals surface area (Å²) in [7, 11) is 1.74. The van der Waals surface area contributed by atoms with E-state index in [1.807, 2.05) is 0 Å². The van der Waals surface area contributed by atoms with Crippen LogP contribution in [-0.2, 0) is 27.3 Å². The number of nitrogens with one attached hydrogen (secondary N) is 1. The van der Waals surface area contributed by atoms with Crippen LogP contribution in [-0.4, -0.2) is 88.1 Å². The number of morpholine rings is 1. The van der Waals surface area contributed by atoms with Gasteiger partial charge in [-0.3, -0.25) is 4.90 Å². The summed E-state index contributed by atoms with van der Waals surface area (Å²) in [5, 5.41) is 3.46. The van der Waals surface area contributed by atoms with Crippen molar-refractivity contribution in [1.82, 2.24) is 15.1 Å². The molecule has 1 aromatic carbocycles. The van der Waals surface area contributed by atoms with Crippen molar-refractivity contribution in [1.29, 1.82) is 0 Å². The predicted octanol–water partition coefficient (Wildman–Crippen LogP) is 3.12. The van der Waals surface area contributed by atoms with Gasteiger partial charge in [0.2, 0.25) is 0 Å². The number of nitrogens with zero attached hydrogens (tertiary/aromatic N) is 3. The lowest BCUT2D eigenvalue weighted by molar-refractivity contribution is 0.00990. The molecular formula is C24H41IN4O3. The molecular weight excluding hydrogens is 519 g/mol. The smallest absolute Gasteiger partial charge is 0.194 e. The number of rotatable bonds is 10. The second kappa shape index (κ2) is 15.8. The molecule has 2 fully saturated rings. The monoisotopic (exact) mass is 560 g/mol. The highest BCUT2D eigenvalue weighted by Gasteiger charge is 2.21. The molecule has 1 aromatic rings. The van der Waals surface area contributed by atoms with Crippen molar-refractivity contribution in [2.45, 2.75) is 45.4 Å². The van der Waals surface area contributed by atoms with Gasteiger partial charge in [-0.25, -0.2) is 4.99 Å². The van der Waals surface area contributed by atoms with Gasteiger partial charge >= 0.3 is 0 Å². The Hall–Kier alpha value is -0.940. The molecule has 32 heavy (non-hydrogen) atoms. The summed E-state index contributed by atoms with van der Waals surface area (Å²) in [5.41, 5.74) is 2.60. The van der Waals surface area contributed by atoms with Crippen LogP contribution in [0.15, 0.2) is 29.3 Å². The van der Waals surface area contributed by atoms with Crippen LogP contribution in [0.25, 0.3) is 0 Å². The normalized spacial score (nSPS) is 18.4. The summed E-state index contributed by atoms with van der Waals surface area (Å²) >= 11 is 0. The SMILES string of the molecule is CCNC(=NCc1ccc(CN2CCOCC2)cc1)N1CCC(OCCCOC)CC1.I. The zero-order valence-electron chi connectivity index (χ0n) is 19.8. The van der Waals surface area contributed by atoms with Crippen molar-refractivity contribution in [2.24, 2.45) is 4.99 Å². The first-order chi connectivity index (χ1) is 15.3. The molecule has 0 bridgehead atoms. The number of hydrogen-bond donors (Lipinski definition) is 1. The quantitative estimate of drug-likeness (QED) is 0.206. The average molecular weight is 561 g/mol. The molecule has 0 aromatic heterocycles. The number of halogens is 1. The maximum Gasteiger partial charge on any atom is 0.194 e. The van der Waals surface area contributed by atoms with Gasteiger partial charge in [-0.2, -0.15) is 0 Å². The average Bonchev–Trinajstić information content (AvgIpc) is 2.82. The number of likely N-dealkylation sites (tertiary alicyclic amines) is 1. The van der Waals surface area contributed by atoms with Crippen LogP contribution >= 0.6 is 24.0 Å². The molecule has 0 aliphatic carbocycles. The van der Waals surface area contributed by atoms with Crippen LogP contribution in [0.1, 0.15) is 37.3 Å². The van der Waals surface area contributed by atoms with Crippen LogP contribution in [0.4, 0.5) is 0 Å². The van der Waals surface area contributed by atoms with E-state index in [2.05, 4.69) is 46.3 Å². The molecule has 0 radical (unpaired) electrons. The fourth-order valence-corrected chi connectivity index (χ4v) is 4.05. The summed E-state index contributed by atoms with van der Waals surface area (Å²) in [5.74, 6) is 1.01. The molecule has 2 saturated heterocycles. The van der Waals surface area contributed by atoms with Gasteiger partial charge < -0.3 is 24.4 Å². The van der Waals surface area contributed by atoms with Gasteiger partial charge in [-0.15, -0.1) is 24.0 Å². The van der Waals surface area contributed by atoms with Crippen LogP contribution in [0.5, 0.6) is 0 Å². The fraction of sp³-hybridized carbons (Fsp3) is 0.708. The van der Waals surface area contributed by atoms with Crippen molar-refractivity contribution in [3.8, 4) is 0 Å². The molecule has 0 saturated carbocycles. The zero-order chi connectivity index (χ0) is 21.7. The minimum absolute atomic E-state index is 0. The van der Waals surface area contributed by atoms with Crippen molar-refractivity contribution in [2.75, 3.05) is 66.3 Å². The molecule has 7 nitrogen and oxygen atoms in total. The van der Waals surface area contributed by atoms with Crippen LogP contribution < -0.4 is 5.32 Å². The molecule has 2 aliphatic rings. The summed E-state index contributed by atoms with van der Waals surface area (Å²) in [6.45, 7) is 12.0. The number of hydrogen-bond acceptors (Lipinski definition) is 5. The van der Waals surface area contributed by atoms with E-state index in [4.69, 9.17) is 19.2 Å². The molecule has 182 valence electrons. The number of aliphatic imine (C=N–C) groups is 1. The van der Waals surface area contributed by atoms with Gasteiger partial charge in [0, 0.05) is 59.6 Å². The highest BCUT2D eigenvalue weighted by atomic mass is 127. The topological polar surface area (TPSA) is 58.6 Å². The molecule has 0 amide bonds. The molecule has 2 aliphatic heterocycles. The lowest BCUT2D eigenvalue weighted by Gasteiger charge is -2.34. The van der Waals surface area contributed by atoms with Crippen molar-refractivity contribution < 1.29 is 14.2 Å². The molecule has 3 rings (SSSR count). The minimum Gasteiger partial charge on any atom is -0.385 e. The maximum absolute atomic E-state index is 5.99. The second-order valence-electron chi connectivity index (χ2n) is 8.28. The Morgan fingerprint density at radius 1 is 1.06 bits per heavy atom. The van der Waals surface area contributed by atoms with E-state index in [9.17, 15) is 0 Å². The third-order valence-electron chi connectivity index (χ3n) is 5.87. The van der Waals surface area contributed by atoms with Gasteiger partial charge in [-0.1, -0.05) is 24.3 Å². The summed E-state index contributed by atoms with van der Waals surface area (Å²) < 4.78 is 16.5. The highest BCUT2D eigenvalue weighted by molar-refractivity contribution is 14.0. The van der Waals surface area contributed by atoms with Crippen molar-refractivity contribution in [3.05, 3.63) is 35.4 Å². The molecule has 8 heteroatoms. The van der Waals surface area contributed by atoms with E-state index >= 15 is 0 Å². The van der Waals surface area contributed by atoms with Crippen molar-refractivity contribution in [3.63, 3.8) is 0 Å².